The van der Waals surface area contributed by atoms with Crippen molar-refractivity contribution in [3.05, 3.63) is 24.3 Å². The standard InChI is InChI=1S/C11H16N2O/c12-11(14)8-13-6-5-9-3-1-2-4-10(9)7-13/h1-4,9-10H,5-8H2,(H2,12,14). The second-order valence-electron chi connectivity index (χ2n) is 4.09. The quantitative estimate of drug-likeness (QED) is 0.694. The number of nitrogens with two attached hydrogens (primary N) is 1. The van der Waals surface area contributed by atoms with Crippen molar-refractivity contribution in [2.75, 3.05) is 19.6 Å². The van der Waals surface area contributed by atoms with Gasteiger partial charge in [-0.2, -0.15) is 0 Å². The van der Waals surface area contributed by atoms with Crippen LogP contribution in [0.5, 0.6) is 0 Å². The molecule has 0 spiro atoms. The summed E-state index contributed by atoms with van der Waals surface area (Å²) in [5.41, 5.74) is 5.18. The summed E-state index contributed by atoms with van der Waals surface area (Å²) in [5, 5.41) is 0. The first-order valence-corrected chi connectivity index (χ1v) is 5.11. The van der Waals surface area contributed by atoms with Crippen molar-refractivity contribution in [3.63, 3.8) is 0 Å². The molecule has 0 saturated carbocycles. The molecule has 0 radical (unpaired) electrons. The Kier molecular flexibility index (Phi) is 2.68. The number of rotatable bonds is 2. The molecule has 2 aliphatic rings. The zero-order valence-corrected chi connectivity index (χ0v) is 8.23. The van der Waals surface area contributed by atoms with E-state index in [0.29, 0.717) is 18.4 Å². The van der Waals surface area contributed by atoms with Gasteiger partial charge in [-0.1, -0.05) is 24.3 Å². The number of primary amides is 1. The van der Waals surface area contributed by atoms with Gasteiger partial charge in [-0.3, -0.25) is 9.69 Å². The number of amides is 1. The maximum Gasteiger partial charge on any atom is 0.231 e. The van der Waals surface area contributed by atoms with Gasteiger partial charge < -0.3 is 5.73 Å². The molecule has 3 nitrogen and oxygen atoms in total. The van der Waals surface area contributed by atoms with Crippen LogP contribution < -0.4 is 5.73 Å². The second-order valence-corrected chi connectivity index (χ2v) is 4.09. The molecule has 76 valence electrons. The number of likely N-dealkylation sites (tertiary alicyclic amines) is 1. The Balaban J connectivity index is 1.93. The van der Waals surface area contributed by atoms with Crippen molar-refractivity contribution in [2.24, 2.45) is 17.6 Å². The summed E-state index contributed by atoms with van der Waals surface area (Å²) >= 11 is 0. The first kappa shape index (κ1) is 9.46. The van der Waals surface area contributed by atoms with E-state index in [1.807, 2.05) is 0 Å². The molecular weight excluding hydrogens is 176 g/mol. The first-order valence-electron chi connectivity index (χ1n) is 5.11. The maximum atomic E-state index is 10.8. The van der Waals surface area contributed by atoms with Crippen LogP contribution in [-0.4, -0.2) is 30.4 Å². The van der Waals surface area contributed by atoms with Crippen LogP contribution in [0, 0.1) is 11.8 Å². The number of allylic oxidation sites excluding steroid dienone is 3. The number of nitrogens with zero attached hydrogens (tertiary/aromatic N) is 1. The van der Waals surface area contributed by atoms with Gasteiger partial charge in [0.1, 0.15) is 0 Å². The minimum Gasteiger partial charge on any atom is -0.369 e. The Bertz CT molecular complexity index is 283. The number of fused-ring (bicyclic) bond motifs is 1. The highest BCUT2D eigenvalue weighted by atomic mass is 16.1. The normalized spacial score (nSPS) is 31.4. The summed E-state index contributed by atoms with van der Waals surface area (Å²) in [5.74, 6) is 1.02. The fraction of sp³-hybridized carbons (Fsp3) is 0.545. The highest BCUT2D eigenvalue weighted by Gasteiger charge is 2.27. The number of carbonyl (C=O) groups is 1. The van der Waals surface area contributed by atoms with Crippen LogP contribution in [0.3, 0.4) is 0 Å². The second kappa shape index (κ2) is 3.96. The molecule has 1 fully saturated rings. The van der Waals surface area contributed by atoms with E-state index in [0.717, 1.165) is 19.5 Å². The zero-order chi connectivity index (χ0) is 9.97. The molecule has 2 N–H and O–H groups in total. The van der Waals surface area contributed by atoms with Crippen molar-refractivity contribution in [3.8, 4) is 0 Å². The molecule has 1 amide bonds. The van der Waals surface area contributed by atoms with Crippen LogP contribution in [0.1, 0.15) is 6.42 Å². The third-order valence-electron chi connectivity index (χ3n) is 3.00. The summed E-state index contributed by atoms with van der Waals surface area (Å²) in [6.07, 6.45) is 9.85. The van der Waals surface area contributed by atoms with E-state index in [1.165, 1.54) is 0 Å². The molecule has 1 aliphatic carbocycles. The van der Waals surface area contributed by atoms with Gasteiger partial charge >= 0.3 is 0 Å². The molecule has 0 aromatic carbocycles. The molecule has 3 heteroatoms. The van der Waals surface area contributed by atoms with E-state index in [4.69, 9.17) is 5.73 Å². The van der Waals surface area contributed by atoms with E-state index in [2.05, 4.69) is 29.2 Å². The lowest BCUT2D eigenvalue weighted by atomic mass is 9.83. The molecule has 1 saturated heterocycles. The largest absolute Gasteiger partial charge is 0.369 e. The zero-order valence-electron chi connectivity index (χ0n) is 8.23. The minimum absolute atomic E-state index is 0.223. The average Bonchev–Trinajstić information content (AvgIpc) is 2.17. The molecule has 0 bridgehead atoms. The molecule has 0 aromatic heterocycles. The Labute approximate surface area is 84.3 Å². The van der Waals surface area contributed by atoms with Gasteiger partial charge in [0.15, 0.2) is 0 Å². The number of carbonyl (C=O) groups excluding carboxylic acids is 1. The Morgan fingerprint density at radius 3 is 2.79 bits per heavy atom. The monoisotopic (exact) mass is 192 g/mol. The molecular formula is C11H16N2O. The van der Waals surface area contributed by atoms with E-state index in [1.54, 1.807) is 0 Å². The molecule has 14 heavy (non-hydrogen) atoms. The Morgan fingerprint density at radius 2 is 2.07 bits per heavy atom. The smallest absolute Gasteiger partial charge is 0.231 e. The van der Waals surface area contributed by atoms with Crippen molar-refractivity contribution >= 4 is 5.91 Å². The van der Waals surface area contributed by atoms with E-state index in [9.17, 15) is 4.79 Å². The molecule has 1 aliphatic heterocycles. The van der Waals surface area contributed by atoms with Crippen molar-refractivity contribution in [1.82, 2.24) is 4.90 Å². The topological polar surface area (TPSA) is 46.3 Å². The van der Waals surface area contributed by atoms with E-state index in [-0.39, 0.29) is 5.91 Å². The highest BCUT2D eigenvalue weighted by Crippen LogP contribution is 2.28. The maximum absolute atomic E-state index is 10.8. The van der Waals surface area contributed by atoms with Crippen LogP contribution in [0.2, 0.25) is 0 Å². The summed E-state index contributed by atoms with van der Waals surface area (Å²) < 4.78 is 0. The van der Waals surface area contributed by atoms with E-state index < -0.39 is 0 Å². The van der Waals surface area contributed by atoms with Gasteiger partial charge in [0.05, 0.1) is 6.54 Å². The predicted molar refractivity (Wildman–Crippen MR) is 55.5 cm³/mol. The molecule has 2 rings (SSSR count). The SMILES string of the molecule is NC(=O)CN1CCC2C=CC=CC2C1. The molecule has 2 atom stereocenters. The third-order valence-corrected chi connectivity index (χ3v) is 3.00. The average molecular weight is 192 g/mol. The fourth-order valence-corrected chi connectivity index (χ4v) is 2.29. The van der Waals surface area contributed by atoms with E-state index >= 15 is 0 Å². The van der Waals surface area contributed by atoms with Crippen molar-refractivity contribution in [2.45, 2.75) is 6.42 Å². The molecule has 0 aromatic rings. The summed E-state index contributed by atoms with van der Waals surface area (Å²) in [7, 11) is 0. The van der Waals surface area contributed by atoms with Crippen molar-refractivity contribution in [1.29, 1.82) is 0 Å². The highest BCUT2D eigenvalue weighted by molar-refractivity contribution is 5.75. The number of piperidine rings is 1. The fourth-order valence-electron chi connectivity index (χ4n) is 2.29. The van der Waals surface area contributed by atoms with Crippen LogP contribution in [0.4, 0.5) is 0 Å². The Morgan fingerprint density at radius 1 is 1.36 bits per heavy atom. The van der Waals surface area contributed by atoms with Gasteiger partial charge in [-0.05, 0) is 24.8 Å². The lowest BCUT2D eigenvalue weighted by Gasteiger charge is -2.36. The van der Waals surface area contributed by atoms with Crippen LogP contribution in [0.25, 0.3) is 0 Å². The third kappa shape index (κ3) is 2.04. The van der Waals surface area contributed by atoms with Crippen LogP contribution >= 0.6 is 0 Å². The summed E-state index contributed by atoms with van der Waals surface area (Å²) in [6.45, 7) is 2.36. The first-order chi connectivity index (χ1) is 6.75. The predicted octanol–water partition coefficient (Wildman–Crippen LogP) is 0.536. The molecule has 1 heterocycles. The van der Waals surface area contributed by atoms with Gasteiger partial charge in [0, 0.05) is 6.54 Å². The minimum atomic E-state index is -0.223. The van der Waals surface area contributed by atoms with Gasteiger partial charge in [0.2, 0.25) is 5.91 Å². The Hall–Kier alpha value is -1.09. The number of hydrogen-bond donors (Lipinski definition) is 1. The lowest BCUT2D eigenvalue weighted by molar-refractivity contribution is -0.119. The van der Waals surface area contributed by atoms with Gasteiger partial charge in [-0.25, -0.2) is 0 Å². The number of hydrogen-bond acceptors (Lipinski definition) is 2. The molecule has 2 unspecified atom stereocenters. The van der Waals surface area contributed by atoms with Gasteiger partial charge in [-0.15, -0.1) is 0 Å². The summed E-state index contributed by atoms with van der Waals surface area (Å²) in [6, 6.07) is 0. The summed E-state index contributed by atoms with van der Waals surface area (Å²) in [4.78, 5) is 12.9. The van der Waals surface area contributed by atoms with Crippen LogP contribution in [0.15, 0.2) is 24.3 Å². The van der Waals surface area contributed by atoms with Crippen molar-refractivity contribution < 1.29 is 4.79 Å². The van der Waals surface area contributed by atoms with Gasteiger partial charge in [0.25, 0.3) is 0 Å². The lowest BCUT2D eigenvalue weighted by Crippen LogP contribution is -2.43. The van der Waals surface area contributed by atoms with Crippen LogP contribution in [-0.2, 0) is 4.79 Å².